The van der Waals surface area contributed by atoms with Crippen molar-refractivity contribution >= 4 is 15.8 Å². The van der Waals surface area contributed by atoms with E-state index in [-0.39, 0.29) is 11.8 Å². The zero-order valence-corrected chi connectivity index (χ0v) is 15.3. The molecule has 2 N–H and O–H groups in total. The summed E-state index contributed by atoms with van der Waals surface area (Å²) in [5.74, 6) is 1.63. The van der Waals surface area contributed by atoms with E-state index >= 15 is 0 Å². The third kappa shape index (κ3) is 6.16. The molecular formula is C16H28N4O3S. The summed E-state index contributed by atoms with van der Waals surface area (Å²) in [6.45, 7) is 3.13. The van der Waals surface area contributed by atoms with Crippen LogP contribution in [0.25, 0.3) is 0 Å². The van der Waals surface area contributed by atoms with Gasteiger partial charge in [-0.3, -0.25) is 9.89 Å². The van der Waals surface area contributed by atoms with E-state index in [1.165, 1.54) is 25.5 Å². The molecular weight excluding hydrogens is 328 g/mol. The van der Waals surface area contributed by atoms with Gasteiger partial charge >= 0.3 is 0 Å². The lowest BCUT2D eigenvalue weighted by Crippen LogP contribution is -2.45. The van der Waals surface area contributed by atoms with Crippen LogP contribution >= 0.6 is 0 Å². The number of nitrogens with zero attached hydrogens (tertiary/aromatic N) is 2. The van der Waals surface area contributed by atoms with Crippen LogP contribution in [0.2, 0.25) is 0 Å². The number of rotatable bonds is 7. The van der Waals surface area contributed by atoms with Crippen LogP contribution in [-0.4, -0.2) is 64.5 Å². The zero-order chi connectivity index (χ0) is 17.4. The Morgan fingerprint density at radius 3 is 2.67 bits per heavy atom. The molecule has 1 unspecified atom stereocenters. The molecule has 7 nitrogen and oxygen atoms in total. The quantitative estimate of drug-likeness (QED) is 0.560. The molecule has 2 rings (SSSR count). The first-order chi connectivity index (χ1) is 11.5. The molecule has 0 bridgehead atoms. The van der Waals surface area contributed by atoms with Crippen LogP contribution in [0.4, 0.5) is 0 Å². The van der Waals surface area contributed by atoms with E-state index in [4.69, 9.17) is 4.42 Å². The van der Waals surface area contributed by atoms with Crippen molar-refractivity contribution in [3.8, 4) is 0 Å². The Labute approximate surface area is 144 Å². The Bertz CT molecular complexity index is 607. The second-order valence-electron chi connectivity index (χ2n) is 6.14. The van der Waals surface area contributed by atoms with E-state index in [0.29, 0.717) is 19.0 Å². The molecule has 1 fully saturated rings. The van der Waals surface area contributed by atoms with Crippen molar-refractivity contribution in [2.75, 3.05) is 45.2 Å². The molecule has 1 atom stereocenters. The first-order valence-electron chi connectivity index (χ1n) is 8.39. The van der Waals surface area contributed by atoms with Crippen LogP contribution in [0.1, 0.15) is 31.1 Å². The monoisotopic (exact) mass is 356 g/mol. The summed E-state index contributed by atoms with van der Waals surface area (Å²) in [6.07, 6.45) is 6.63. The van der Waals surface area contributed by atoms with Gasteiger partial charge in [0.05, 0.1) is 18.1 Å². The van der Waals surface area contributed by atoms with Gasteiger partial charge in [-0.25, -0.2) is 8.42 Å². The van der Waals surface area contributed by atoms with Crippen LogP contribution in [0.15, 0.2) is 27.8 Å². The van der Waals surface area contributed by atoms with E-state index in [0.717, 1.165) is 18.8 Å². The number of furan rings is 1. The molecule has 0 aliphatic carbocycles. The topological polar surface area (TPSA) is 86.9 Å². The van der Waals surface area contributed by atoms with Gasteiger partial charge in [0.1, 0.15) is 15.6 Å². The zero-order valence-electron chi connectivity index (χ0n) is 14.5. The lowest BCUT2D eigenvalue weighted by atomic mass is 10.1. The van der Waals surface area contributed by atoms with Gasteiger partial charge in [0.25, 0.3) is 0 Å². The predicted molar refractivity (Wildman–Crippen MR) is 95.9 cm³/mol. The lowest BCUT2D eigenvalue weighted by molar-refractivity contribution is 0.146. The highest BCUT2D eigenvalue weighted by atomic mass is 32.2. The second-order valence-corrected chi connectivity index (χ2v) is 8.40. The summed E-state index contributed by atoms with van der Waals surface area (Å²) >= 11 is 0. The lowest BCUT2D eigenvalue weighted by Gasteiger charge is -2.33. The molecule has 0 radical (unpaired) electrons. The summed E-state index contributed by atoms with van der Waals surface area (Å²) in [6, 6.07) is 4.06. The number of sulfone groups is 1. The molecule has 1 aliphatic rings. The Morgan fingerprint density at radius 2 is 2.08 bits per heavy atom. The maximum Gasteiger partial charge on any atom is 0.191 e. The summed E-state index contributed by atoms with van der Waals surface area (Å²) in [5, 5.41) is 6.32. The molecule has 1 aromatic rings. The third-order valence-electron chi connectivity index (χ3n) is 4.15. The average Bonchev–Trinajstić information content (AvgIpc) is 3.07. The Morgan fingerprint density at radius 1 is 1.33 bits per heavy atom. The fourth-order valence-corrected chi connectivity index (χ4v) is 3.36. The van der Waals surface area contributed by atoms with Crippen molar-refractivity contribution in [3.05, 3.63) is 24.2 Å². The van der Waals surface area contributed by atoms with Crippen LogP contribution in [-0.2, 0) is 9.84 Å². The molecule has 1 aromatic heterocycles. The fraction of sp³-hybridized carbons (Fsp3) is 0.688. The molecule has 0 spiro atoms. The Balaban J connectivity index is 1.91. The number of nitrogens with one attached hydrogen (secondary N) is 2. The molecule has 2 heterocycles. The van der Waals surface area contributed by atoms with E-state index in [1.54, 1.807) is 13.3 Å². The standard InChI is InChI=1S/C16H28N4O3S/c1-17-16(18-8-12-24(2,21)22)19-13-14(15-7-6-11-23-15)20-9-4-3-5-10-20/h6-7,11,14H,3-5,8-10,12-13H2,1-2H3,(H2,17,18,19). The van der Waals surface area contributed by atoms with Gasteiger partial charge in [-0.2, -0.15) is 0 Å². The minimum Gasteiger partial charge on any atom is -0.468 e. The highest BCUT2D eigenvalue weighted by Gasteiger charge is 2.24. The minimum atomic E-state index is -2.98. The number of likely N-dealkylation sites (tertiary alicyclic amines) is 1. The molecule has 1 saturated heterocycles. The highest BCUT2D eigenvalue weighted by Crippen LogP contribution is 2.24. The number of hydrogen-bond donors (Lipinski definition) is 2. The van der Waals surface area contributed by atoms with Gasteiger partial charge in [0, 0.05) is 26.4 Å². The molecule has 1 aliphatic heterocycles. The summed E-state index contributed by atoms with van der Waals surface area (Å²) in [4.78, 5) is 6.59. The number of aliphatic imine (C=N–C) groups is 1. The highest BCUT2D eigenvalue weighted by molar-refractivity contribution is 7.90. The van der Waals surface area contributed by atoms with Crippen molar-refractivity contribution in [1.82, 2.24) is 15.5 Å². The van der Waals surface area contributed by atoms with E-state index in [1.807, 2.05) is 12.1 Å². The second kappa shape index (κ2) is 9.08. The van der Waals surface area contributed by atoms with Crippen molar-refractivity contribution in [1.29, 1.82) is 0 Å². The molecule has 24 heavy (non-hydrogen) atoms. The first-order valence-corrected chi connectivity index (χ1v) is 10.5. The molecule has 0 saturated carbocycles. The van der Waals surface area contributed by atoms with Gasteiger partial charge in [-0.1, -0.05) is 6.42 Å². The summed E-state index contributed by atoms with van der Waals surface area (Å²) in [7, 11) is -1.30. The molecule has 8 heteroatoms. The van der Waals surface area contributed by atoms with Crippen LogP contribution in [0, 0.1) is 0 Å². The maximum absolute atomic E-state index is 11.2. The third-order valence-corrected chi connectivity index (χ3v) is 5.10. The number of guanidine groups is 1. The van der Waals surface area contributed by atoms with Crippen molar-refractivity contribution in [2.24, 2.45) is 4.99 Å². The SMILES string of the molecule is CN=C(NCCS(C)(=O)=O)NCC(c1ccco1)N1CCCCC1. The van der Waals surface area contributed by atoms with Crippen molar-refractivity contribution in [2.45, 2.75) is 25.3 Å². The first kappa shape index (κ1) is 18.8. The smallest absolute Gasteiger partial charge is 0.191 e. The largest absolute Gasteiger partial charge is 0.468 e. The Kier molecular flexibility index (Phi) is 7.11. The van der Waals surface area contributed by atoms with Crippen molar-refractivity contribution in [3.63, 3.8) is 0 Å². The number of piperidine rings is 1. The van der Waals surface area contributed by atoms with Crippen LogP contribution in [0.3, 0.4) is 0 Å². The van der Waals surface area contributed by atoms with Gasteiger partial charge < -0.3 is 15.1 Å². The minimum absolute atomic E-state index is 0.0848. The van der Waals surface area contributed by atoms with E-state index < -0.39 is 9.84 Å². The normalized spacial score (nSPS) is 18.3. The maximum atomic E-state index is 11.2. The van der Waals surface area contributed by atoms with Crippen LogP contribution in [0.5, 0.6) is 0 Å². The van der Waals surface area contributed by atoms with Crippen molar-refractivity contribution < 1.29 is 12.8 Å². The summed E-state index contributed by atoms with van der Waals surface area (Å²) in [5.41, 5.74) is 0. The molecule has 136 valence electrons. The van der Waals surface area contributed by atoms with Gasteiger partial charge in [0.2, 0.25) is 0 Å². The molecule has 0 amide bonds. The van der Waals surface area contributed by atoms with Gasteiger partial charge in [-0.15, -0.1) is 0 Å². The summed E-state index contributed by atoms with van der Waals surface area (Å²) < 4.78 is 28.0. The van der Waals surface area contributed by atoms with Gasteiger partial charge in [-0.05, 0) is 38.1 Å². The molecule has 0 aromatic carbocycles. The van der Waals surface area contributed by atoms with E-state index in [2.05, 4.69) is 20.5 Å². The average molecular weight is 356 g/mol. The Hall–Kier alpha value is -1.54. The number of hydrogen-bond acceptors (Lipinski definition) is 5. The predicted octanol–water partition coefficient (Wildman–Crippen LogP) is 1.02. The van der Waals surface area contributed by atoms with Crippen LogP contribution < -0.4 is 10.6 Å². The van der Waals surface area contributed by atoms with Gasteiger partial charge in [0.15, 0.2) is 5.96 Å². The van der Waals surface area contributed by atoms with E-state index in [9.17, 15) is 8.42 Å². The fourth-order valence-electron chi connectivity index (χ4n) is 2.89.